The molecular weight excluding hydrogens is 214 g/mol. The van der Waals surface area contributed by atoms with Crippen LogP contribution in [0.15, 0.2) is 18.3 Å². The fraction of sp³-hybridized carbons (Fsp3) is 0.500. The highest BCUT2D eigenvalue weighted by Gasteiger charge is 2.06. The van der Waals surface area contributed by atoms with Crippen molar-refractivity contribution in [2.24, 2.45) is 5.73 Å². The van der Waals surface area contributed by atoms with Gasteiger partial charge < -0.3 is 10.6 Å². The van der Waals surface area contributed by atoms with Crippen molar-refractivity contribution in [1.82, 2.24) is 14.6 Å². The van der Waals surface area contributed by atoms with Crippen LogP contribution in [0.1, 0.15) is 19.5 Å². The van der Waals surface area contributed by atoms with Gasteiger partial charge in [0.15, 0.2) is 5.65 Å². The fourth-order valence-electron chi connectivity index (χ4n) is 1.91. The first-order valence-electron chi connectivity index (χ1n) is 6.08. The predicted molar refractivity (Wildman–Crippen MR) is 69.3 cm³/mol. The van der Waals surface area contributed by atoms with E-state index in [1.54, 1.807) is 0 Å². The molecule has 17 heavy (non-hydrogen) atoms. The van der Waals surface area contributed by atoms with Crippen LogP contribution in [0.25, 0.3) is 5.65 Å². The molecule has 0 fully saturated rings. The van der Waals surface area contributed by atoms with Gasteiger partial charge in [-0.1, -0.05) is 0 Å². The maximum absolute atomic E-state index is 5.53. The van der Waals surface area contributed by atoms with E-state index in [4.69, 9.17) is 5.73 Å². The molecule has 0 saturated carbocycles. The van der Waals surface area contributed by atoms with E-state index in [-0.39, 0.29) is 0 Å². The molecule has 0 aliphatic carbocycles. The first kappa shape index (κ1) is 11.9. The molecule has 5 nitrogen and oxygen atoms in total. The lowest BCUT2D eigenvalue weighted by atomic mass is 10.3. The minimum atomic E-state index is 0.618. The molecule has 0 amide bonds. The Balaban J connectivity index is 2.35. The number of nitrogens with zero attached hydrogens (tertiary/aromatic N) is 4. The molecule has 2 heterocycles. The van der Waals surface area contributed by atoms with Crippen molar-refractivity contribution in [3.8, 4) is 0 Å². The van der Waals surface area contributed by atoms with E-state index in [1.807, 2.05) is 22.8 Å². The number of fused-ring (bicyclic) bond motifs is 1. The molecule has 0 unspecified atom stereocenters. The molecule has 0 spiro atoms. The average Bonchev–Trinajstić information content (AvgIpc) is 2.73. The number of nitrogens with two attached hydrogens (primary N) is 1. The molecule has 92 valence electrons. The molecule has 2 rings (SSSR count). The first-order valence-corrected chi connectivity index (χ1v) is 6.08. The minimum absolute atomic E-state index is 0.618. The second-order valence-electron chi connectivity index (χ2n) is 3.94. The summed E-state index contributed by atoms with van der Waals surface area (Å²) >= 11 is 0. The van der Waals surface area contributed by atoms with Crippen molar-refractivity contribution in [3.63, 3.8) is 0 Å². The number of aromatic nitrogens is 3. The Morgan fingerprint density at radius 2 is 2.06 bits per heavy atom. The van der Waals surface area contributed by atoms with Gasteiger partial charge in [0.25, 0.3) is 0 Å². The monoisotopic (exact) mass is 233 g/mol. The normalized spacial score (nSPS) is 11.0. The largest absolute Gasteiger partial charge is 0.356 e. The molecular formula is C12H19N5. The summed E-state index contributed by atoms with van der Waals surface area (Å²) < 4.78 is 1.83. The Morgan fingerprint density at radius 1 is 1.29 bits per heavy atom. The van der Waals surface area contributed by atoms with E-state index in [9.17, 15) is 0 Å². The molecule has 0 radical (unpaired) electrons. The lowest BCUT2D eigenvalue weighted by Gasteiger charge is -2.19. The smallest absolute Gasteiger partial charge is 0.153 e. The average molecular weight is 233 g/mol. The zero-order valence-corrected chi connectivity index (χ0v) is 10.4. The van der Waals surface area contributed by atoms with E-state index in [1.165, 1.54) is 0 Å². The Hall–Kier alpha value is -1.62. The van der Waals surface area contributed by atoms with Gasteiger partial charge in [-0.15, -0.1) is 5.10 Å². The van der Waals surface area contributed by atoms with E-state index in [0.29, 0.717) is 6.54 Å². The zero-order valence-electron chi connectivity index (χ0n) is 10.4. The third kappa shape index (κ3) is 2.39. The number of hydrogen-bond acceptors (Lipinski definition) is 4. The zero-order chi connectivity index (χ0) is 12.3. The van der Waals surface area contributed by atoms with E-state index in [2.05, 4.69) is 28.8 Å². The SMILES string of the molecule is CCN(CC)c1ccc2nc(CCN)cn2n1. The maximum atomic E-state index is 5.53. The quantitative estimate of drug-likeness (QED) is 0.839. The summed E-state index contributed by atoms with van der Waals surface area (Å²) in [7, 11) is 0. The summed E-state index contributed by atoms with van der Waals surface area (Å²) in [6.45, 7) is 6.79. The number of rotatable bonds is 5. The van der Waals surface area contributed by atoms with Crippen LogP contribution in [0.5, 0.6) is 0 Å². The van der Waals surface area contributed by atoms with E-state index >= 15 is 0 Å². The van der Waals surface area contributed by atoms with Crippen molar-refractivity contribution in [2.45, 2.75) is 20.3 Å². The van der Waals surface area contributed by atoms with Crippen LogP contribution in [0.2, 0.25) is 0 Å². The second kappa shape index (κ2) is 5.14. The summed E-state index contributed by atoms with van der Waals surface area (Å²) in [4.78, 5) is 6.67. The van der Waals surface area contributed by atoms with Crippen molar-refractivity contribution in [1.29, 1.82) is 0 Å². The Labute approximate surface area is 101 Å². The van der Waals surface area contributed by atoms with Gasteiger partial charge in [-0.05, 0) is 32.5 Å². The third-order valence-corrected chi connectivity index (χ3v) is 2.84. The van der Waals surface area contributed by atoms with Crippen LogP contribution >= 0.6 is 0 Å². The van der Waals surface area contributed by atoms with Crippen LogP contribution in [0, 0.1) is 0 Å². The second-order valence-corrected chi connectivity index (χ2v) is 3.94. The molecule has 5 heteroatoms. The van der Waals surface area contributed by atoms with Gasteiger partial charge >= 0.3 is 0 Å². The van der Waals surface area contributed by atoms with Crippen LogP contribution in [-0.4, -0.2) is 34.2 Å². The molecule has 0 atom stereocenters. The van der Waals surface area contributed by atoms with Gasteiger partial charge in [0.2, 0.25) is 0 Å². The van der Waals surface area contributed by atoms with Crippen molar-refractivity contribution in [3.05, 3.63) is 24.0 Å². The number of hydrogen-bond donors (Lipinski definition) is 1. The minimum Gasteiger partial charge on any atom is -0.356 e. The van der Waals surface area contributed by atoms with Gasteiger partial charge in [-0.2, -0.15) is 0 Å². The summed E-state index contributed by atoms with van der Waals surface area (Å²) in [6.07, 6.45) is 2.75. The van der Waals surface area contributed by atoms with Crippen molar-refractivity contribution >= 4 is 11.5 Å². The molecule has 0 aromatic carbocycles. The number of imidazole rings is 1. The molecule has 0 aliphatic rings. The Morgan fingerprint density at radius 3 is 2.71 bits per heavy atom. The highest BCUT2D eigenvalue weighted by Crippen LogP contribution is 2.12. The standard InChI is InChI=1S/C12H19N5/c1-3-16(4-2)12-6-5-11-14-10(7-8-13)9-17(11)15-12/h5-6,9H,3-4,7-8,13H2,1-2H3. The number of anilines is 1. The lowest BCUT2D eigenvalue weighted by Crippen LogP contribution is -2.23. The van der Waals surface area contributed by atoms with Gasteiger partial charge in [-0.25, -0.2) is 9.50 Å². The van der Waals surface area contributed by atoms with Gasteiger partial charge in [-0.3, -0.25) is 0 Å². The van der Waals surface area contributed by atoms with Crippen LogP contribution in [0.3, 0.4) is 0 Å². The summed E-state index contributed by atoms with van der Waals surface area (Å²) in [5, 5.41) is 4.56. The predicted octanol–water partition coefficient (Wildman–Crippen LogP) is 1.08. The molecule has 2 N–H and O–H groups in total. The van der Waals surface area contributed by atoms with Crippen molar-refractivity contribution in [2.75, 3.05) is 24.5 Å². The van der Waals surface area contributed by atoms with E-state index < -0.39 is 0 Å². The van der Waals surface area contributed by atoms with Crippen LogP contribution in [0.4, 0.5) is 5.82 Å². The Bertz CT molecular complexity index is 487. The maximum Gasteiger partial charge on any atom is 0.153 e. The molecule has 0 saturated heterocycles. The molecule has 2 aromatic heterocycles. The van der Waals surface area contributed by atoms with Gasteiger partial charge in [0.05, 0.1) is 11.9 Å². The van der Waals surface area contributed by atoms with E-state index in [0.717, 1.165) is 36.7 Å². The Kier molecular flexibility index (Phi) is 3.58. The topological polar surface area (TPSA) is 59.5 Å². The van der Waals surface area contributed by atoms with Crippen molar-refractivity contribution < 1.29 is 0 Å². The summed E-state index contributed by atoms with van der Waals surface area (Å²) in [5.74, 6) is 0.985. The van der Waals surface area contributed by atoms with Gasteiger partial charge in [0.1, 0.15) is 5.82 Å². The highest BCUT2D eigenvalue weighted by molar-refractivity contribution is 5.46. The van der Waals surface area contributed by atoms with Crippen LogP contribution < -0.4 is 10.6 Å². The summed E-state index contributed by atoms with van der Waals surface area (Å²) in [5.41, 5.74) is 7.40. The van der Waals surface area contributed by atoms with Gasteiger partial charge in [0, 0.05) is 19.5 Å². The molecule has 0 aliphatic heterocycles. The third-order valence-electron chi connectivity index (χ3n) is 2.84. The van der Waals surface area contributed by atoms with Crippen LogP contribution in [-0.2, 0) is 6.42 Å². The lowest BCUT2D eigenvalue weighted by molar-refractivity contribution is 0.807. The molecule has 2 aromatic rings. The summed E-state index contributed by atoms with van der Waals surface area (Å²) in [6, 6.07) is 4.02. The fourth-order valence-corrected chi connectivity index (χ4v) is 1.91. The first-order chi connectivity index (χ1) is 8.28. The highest BCUT2D eigenvalue weighted by atomic mass is 15.3. The molecule has 0 bridgehead atoms.